The molecule has 10 heteroatoms. The number of nitrogens with zero attached hydrogens (tertiary/aromatic N) is 2. The third-order valence-corrected chi connectivity index (χ3v) is 5.39. The van der Waals surface area contributed by atoms with Crippen molar-refractivity contribution in [1.29, 1.82) is 0 Å². The van der Waals surface area contributed by atoms with E-state index >= 15 is 0 Å². The Labute approximate surface area is 200 Å². The third-order valence-electron chi connectivity index (χ3n) is 4.54. The lowest BCUT2D eigenvalue weighted by Crippen LogP contribution is -2.43. The highest BCUT2D eigenvalue weighted by Gasteiger charge is 2.20. The highest BCUT2D eigenvalue weighted by Crippen LogP contribution is 2.30. The smallest absolute Gasteiger partial charge is 0.276 e. The maximum atomic E-state index is 14.2. The summed E-state index contributed by atoms with van der Waals surface area (Å²) in [5, 5.41) is 1.88. The number of anilines is 2. The van der Waals surface area contributed by atoms with Gasteiger partial charge < -0.3 is 4.74 Å². The first kappa shape index (κ1) is 24.6. The minimum absolute atomic E-state index is 0.0865. The largest absolute Gasteiger partial charge is 0.483 e. The quantitative estimate of drug-likeness (QED) is 0.394. The second kappa shape index (κ2) is 11.2. The van der Waals surface area contributed by atoms with Crippen molar-refractivity contribution in [2.45, 2.75) is 20.8 Å². The molecule has 0 aliphatic rings. The molecule has 0 saturated carbocycles. The number of amides is 3. The Balaban J connectivity index is 1.54. The fourth-order valence-corrected chi connectivity index (χ4v) is 3.72. The number of para-hydroxylation sites is 1. The van der Waals surface area contributed by atoms with Gasteiger partial charge in [-0.05, 0) is 49.2 Å². The van der Waals surface area contributed by atoms with E-state index in [9.17, 15) is 18.8 Å². The average Bonchev–Trinajstić information content (AvgIpc) is 3.26. The number of hydrogen-bond acceptors (Lipinski definition) is 6. The molecule has 0 unspecified atom stereocenters. The van der Waals surface area contributed by atoms with Gasteiger partial charge in [0.25, 0.3) is 11.8 Å². The number of hydrazine groups is 1. The van der Waals surface area contributed by atoms with E-state index in [1.165, 1.54) is 37.3 Å². The summed E-state index contributed by atoms with van der Waals surface area (Å²) in [6.45, 7) is 4.83. The highest BCUT2D eigenvalue weighted by atomic mass is 32.1. The topological polar surface area (TPSA) is 101 Å². The lowest BCUT2D eigenvalue weighted by Gasteiger charge is -2.18. The van der Waals surface area contributed by atoms with Gasteiger partial charge in [-0.25, -0.2) is 9.37 Å². The van der Waals surface area contributed by atoms with Crippen molar-refractivity contribution in [3.05, 3.63) is 76.6 Å². The first-order valence-electron chi connectivity index (χ1n) is 10.2. The van der Waals surface area contributed by atoms with Crippen LogP contribution in [0.15, 0.2) is 53.9 Å². The summed E-state index contributed by atoms with van der Waals surface area (Å²) >= 11 is 1.12. The van der Waals surface area contributed by atoms with Crippen LogP contribution < -0.4 is 20.5 Å². The molecular weight excluding hydrogens is 459 g/mol. The summed E-state index contributed by atoms with van der Waals surface area (Å²) in [6, 6.07) is 11.5. The normalized spacial score (nSPS) is 10.7. The first-order valence-corrected chi connectivity index (χ1v) is 11.1. The molecule has 0 aliphatic heterocycles. The molecule has 1 heterocycles. The monoisotopic (exact) mass is 482 g/mol. The van der Waals surface area contributed by atoms with Crippen LogP contribution in [0.4, 0.5) is 15.2 Å². The fraction of sp³-hybridized carbons (Fsp3) is 0.167. The molecule has 2 N–H and O–H groups in total. The zero-order chi connectivity index (χ0) is 24.7. The van der Waals surface area contributed by atoms with Gasteiger partial charge in [0.05, 0.1) is 11.4 Å². The number of aromatic nitrogens is 1. The summed E-state index contributed by atoms with van der Waals surface area (Å²) in [6.07, 6.45) is 2.58. The number of carbonyl (C=O) groups is 3. The van der Waals surface area contributed by atoms with Crippen LogP contribution in [-0.4, -0.2) is 29.3 Å². The van der Waals surface area contributed by atoms with Crippen molar-refractivity contribution in [2.24, 2.45) is 0 Å². The highest BCUT2D eigenvalue weighted by molar-refractivity contribution is 7.14. The molecule has 0 radical (unpaired) electrons. The number of benzene rings is 2. The van der Waals surface area contributed by atoms with Crippen molar-refractivity contribution in [1.82, 2.24) is 15.8 Å². The van der Waals surface area contributed by atoms with Gasteiger partial charge in [0.2, 0.25) is 5.91 Å². The minimum atomic E-state index is -0.591. The Morgan fingerprint density at radius 3 is 2.65 bits per heavy atom. The SMILES string of the molecule is CC(=O)N(c1nc(/C=C/C(=O)NNC(=O)COc2cc(C)ccc2C)cs1)c1ccccc1F. The summed E-state index contributed by atoms with van der Waals surface area (Å²) in [5.74, 6) is -1.48. The van der Waals surface area contributed by atoms with E-state index in [4.69, 9.17) is 4.74 Å². The minimum Gasteiger partial charge on any atom is -0.483 e. The summed E-state index contributed by atoms with van der Waals surface area (Å²) in [4.78, 5) is 41.5. The molecule has 2 aromatic carbocycles. The van der Waals surface area contributed by atoms with E-state index in [0.717, 1.165) is 27.4 Å². The predicted molar refractivity (Wildman–Crippen MR) is 128 cm³/mol. The van der Waals surface area contributed by atoms with Gasteiger partial charge in [-0.2, -0.15) is 0 Å². The Hall–Kier alpha value is -4.05. The Bertz CT molecular complexity index is 1240. The Morgan fingerprint density at radius 2 is 1.91 bits per heavy atom. The number of ether oxygens (including phenoxy) is 1. The lowest BCUT2D eigenvalue weighted by atomic mass is 10.1. The Morgan fingerprint density at radius 1 is 1.15 bits per heavy atom. The van der Waals surface area contributed by atoms with E-state index < -0.39 is 23.5 Å². The van der Waals surface area contributed by atoms with E-state index in [1.54, 1.807) is 11.4 Å². The molecule has 0 saturated heterocycles. The van der Waals surface area contributed by atoms with Crippen molar-refractivity contribution in [3.8, 4) is 5.75 Å². The molecule has 0 atom stereocenters. The maximum absolute atomic E-state index is 14.2. The molecule has 8 nitrogen and oxygen atoms in total. The van der Waals surface area contributed by atoms with Crippen molar-refractivity contribution in [2.75, 3.05) is 11.5 Å². The van der Waals surface area contributed by atoms with Crippen LogP contribution in [-0.2, 0) is 14.4 Å². The van der Waals surface area contributed by atoms with E-state index in [1.807, 2.05) is 32.0 Å². The van der Waals surface area contributed by atoms with Gasteiger partial charge in [0.1, 0.15) is 11.6 Å². The van der Waals surface area contributed by atoms with Crippen molar-refractivity contribution in [3.63, 3.8) is 0 Å². The van der Waals surface area contributed by atoms with Gasteiger partial charge in [-0.1, -0.05) is 24.3 Å². The number of carbonyl (C=O) groups excluding carboxylic acids is 3. The summed E-state index contributed by atoms with van der Waals surface area (Å²) < 4.78 is 19.6. The van der Waals surface area contributed by atoms with Crippen LogP contribution >= 0.6 is 11.3 Å². The molecule has 0 bridgehead atoms. The van der Waals surface area contributed by atoms with Crippen LogP contribution in [0.5, 0.6) is 5.75 Å². The fourth-order valence-electron chi connectivity index (χ4n) is 2.87. The van der Waals surface area contributed by atoms with Crippen LogP contribution in [0.3, 0.4) is 0 Å². The Kier molecular flexibility index (Phi) is 8.10. The number of rotatable bonds is 7. The third kappa shape index (κ3) is 6.48. The molecule has 0 spiro atoms. The predicted octanol–water partition coefficient (Wildman–Crippen LogP) is 3.82. The van der Waals surface area contributed by atoms with Gasteiger partial charge in [0.15, 0.2) is 11.7 Å². The second-order valence-corrected chi connectivity index (χ2v) is 8.13. The second-order valence-electron chi connectivity index (χ2n) is 7.29. The van der Waals surface area contributed by atoms with Crippen molar-refractivity contribution >= 4 is 46.0 Å². The number of aryl methyl sites for hydroxylation is 2. The average molecular weight is 483 g/mol. The molecular formula is C24H23FN4O4S. The molecule has 3 rings (SSSR count). The van der Waals surface area contributed by atoms with Gasteiger partial charge >= 0.3 is 0 Å². The van der Waals surface area contributed by atoms with Crippen LogP contribution in [0.2, 0.25) is 0 Å². The summed E-state index contributed by atoms with van der Waals surface area (Å²) in [7, 11) is 0. The van der Waals surface area contributed by atoms with Crippen LogP contribution in [0.25, 0.3) is 6.08 Å². The van der Waals surface area contributed by atoms with Gasteiger partial charge in [-0.15, -0.1) is 11.3 Å². The standard InChI is InChI=1S/C24H23FN4O4S/c1-15-8-9-16(2)21(12-15)33-13-23(32)28-27-22(31)11-10-18-14-34-24(26-18)29(17(3)30)20-7-5-4-6-19(20)25/h4-12,14H,13H2,1-3H3,(H,27,31)(H,28,32)/b11-10+. The zero-order valence-electron chi connectivity index (χ0n) is 18.8. The van der Waals surface area contributed by atoms with Crippen molar-refractivity contribution < 1.29 is 23.5 Å². The van der Waals surface area contributed by atoms with E-state index in [2.05, 4.69) is 15.8 Å². The molecule has 3 amide bonds. The number of nitrogens with one attached hydrogen (secondary N) is 2. The van der Waals surface area contributed by atoms with Gasteiger partial charge in [-0.3, -0.25) is 30.1 Å². The molecule has 3 aromatic rings. The van der Waals surface area contributed by atoms with E-state index in [0.29, 0.717) is 11.4 Å². The first-order chi connectivity index (χ1) is 16.2. The maximum Gasteiger partial charge on any atom is 0.276 e. The zero-order valence-corrected chi connectivity index (χ0v) is 19.6. The van der Waals surface area contributed by atoms with E-state index in [-0.39, 0.29) is 17.4 Å². The number of thiazole rings is 1. The molecule has 34 heavy (non-hydrogen) atoms. The number of halogens is 1. The lowest BCUT2D eigenvalue weighted by molar-refractivity contribution is -0.128. The van der Waals surface area contributed by atoms with Crippen LogP contribution in [0, 0.1) is 19.7 Å². The molecule has 1 aromatic heterocycles. The molecule has 176 valence electrons. The van der Waals surface area contributed by atoms with Gasteiger partial charge in [0, 0.05) is 18.4 Å². The molecule has 0 fully saturated rings. The summed E-state index contributed by atoms with van der Waals surface area (Å²) in [5.41, 5.74) is 6.89. The number of hydrogen-bond donors (Lipinski definition) is 2. The van der Waals surface area contributed by atoms with Crippen LogP contribution in [0.1, 0.15) is 23.7 Å². The molecule has 0 aliphatic carbocycles.